The number of rotatable bonds is 2. The van der Waals surface area contributed by atoms with Gasteiger partial charge in [-0.25, -0.2) is 0 Å². The topological polar surface area (TPSA) is 65.2 Å². The Morgan fingerprint density at radius 3 is 2.95 bits per heavy atom. The number of nitrogens with zero attached hydrogens (tertiary/aromatic N) is 5. The van der Waals surface area contributed by atoms with E-state index in [2.05, 4.69) is 20.1 Å². The average molecular weight is 298 g/mol. The van der Waals surface area contributed by atoms with Crippen LogP contribution in [0.3, 0.4) is 0 Å². The third kappa shape index (κ3) is 2.05. The predicted octanol–water partition coefficient (Wildman–Crippen LogP) is 3.12. The second kappa shape index (κ2) is 4.68. The van der Waals surface area contributed by atoms with Gasteiger partial charge in [-0.1, -0.05) is 29.8 Å². The maximum Gasteiger partial charge on any atom is 0.256 e. The number of ether oxygens (including phenoxy) is 1. The number of halogens is 1. The molecule has 4 aromatic rings. The smallest absolute Gasteiger partial charge is 0.256 e. The first-order valence-corrected chi connectivity index (χ1v) is 6.57. The summed E-state index contributed by atoms with van der Waals surface area (Å²) in [7, 11) is 0. The molecular weight excluding hydrogens is 290 g/mol. The molecule has 0 atom stereocenters. The molecule has 0 aliphatic carbocycles. The fourth-order valence-corrected chi connectivity index (χ4v) is 2.27. The highest BCUT2D eigenvalue weighted by Crippen LogP contribution is 2.29. The minimum atomic E-state index is 0.290. The second-order valence-electron chi connectivity index (χ2n) is 4.32. The van der Waals surface area contributed by atoms with Crippen molar-refractivity contribution in [3.8, 4) is 11.6 Å². The molecule has 0 aliphatic rings. The first-order chi connectivity index (χ1) is 10.3. The molecule has 0 saturated carbocycles. The summed E-state index contributed by atoms with van der Waals surface area (Å²) in [6.07, 6.45) is 3.12. The van der Waals surface area contributed by atoms with Crippen LogP contribution in [0.1, 0.15) is 0 Å². The van der Waals surface area contributed by atoms with E-state index in [0.29, 0.717) is 22.6 Å². The summed E-state index contributed by atoms with van der Waals surface area (Å²) in [6, 6.07) is 11.2. The Kier molecular flexibility index (Phi) is 2.68. The van der Waals surface area contributed by atoms with E-state index >= 15 is 0 Å². The van der Waals surface area contributed by atoms with Crippen molar-refractivity contribution in [2.24, 2.45) is 0 Å². The molecule has 0 amide bonds. The summed E-state index contributed by atoms with van der Waals surface area (Å²) in [5, 5.41) is 5.36. The zero-order chi connectivity index (χ0) is 14.2. The Morgan fingerprint density at radius 1 is 1.10 bits per heavy atom. The maximum absolute atomic E-state index is 5.98. The molecule has 0 radical (unpaired) electrons. The molecule has 0 bridgehead atoms. The number of benzene rings is 1. The number of hydrogen-bond acceptors (Lipinski definition) is 5. The highest BCUT2D eigenvalue weighted by atomic mass is 35.5. The molecular formula is C14H8ClN5O. The lowest BCUT2D eigenvalue weighted by Crippen LogP contribution is -1.98. The molecule has 0 saturated heterocycles. The molecule has 0 spiro atoms. The van der Waals surface area contributed by atoms with Crippen LogP contribution in [0.25, 0.3) is 16.7 Å². The van der Waals surface area contributed by atoms with E-state index in [1.54, 1.807) is 12.3 Å². The highest BCUT2D eigenvalue weighted by molar-refractivity contribution is 6.29. The number of aromatic nitrogens is 5. The van der Waals surface area contributed by atoms with Crippen LogP contribution in [0.15, 0.2) is 48.9 Å². The third-order valence-corrected chi connectivity index (χ3v) is 3.19. The van der Waals surface area contributed by atoms with E-state index in [4.69, 9.17) is 16.3 Å². The minimum absolute atomic E-state index is 0.290. The van der Waals surface area contributed by atoms with Crippen LogP contribution in [-0.2, 0) is 0 Å². The Hall–Kier alpha value is -2.73. The van der Waals surface area contributed by atoms with Crippen molar-refractivity contribution >= 4 is 28.3 Å². The molecule has 0 fully saturated rings. The molecule has 102 valence electrons. The lowest BCUT2D eigenvalue weighted by Gasteiger charge is -2.09. The maximum atomic E-state index is 5.98. The van der Waals surface area contributed by atoms with Crippen molar-refractivity contribution in [2.45, 2.75) is 0 Å². The van der Waals surface area contributed by atoms with Crippen molar-refractivity contribution in [2.75, 3.05) is 0 Å². The predicted molar refractivity (Wildman–Crippen MR) is 77.6 cm³/mol. The third-order valence-electron chi connectivity index (χ3n) is 3.00. The van der Waals surface area contributed by atoms with Gasteiger partial charge in [-0.05, 0) is 12.1 Å². The Labute approximate surface area is 124 Å². The molecule has 3 heterocycles. The summed E-state index contributed by atoms with van der Waals surface area (Å²) in [4.78, 5) is 12.4. The van der Waals surface area contributed by atoms with E-state index in [1.165, 1.54) is 10.8 Å². The average Bonchev–Trinajstić information content (AvgIpc) is 2.96. The standard InChI is InChI=1S/C14H8ClN5O/c15-11-7-12(20-14(19-11)17-8-18-20)21-10-5-1-3-9-4-2-6-16-13(9)10/h1-8H. The monoisotopic (exact) mass is 297 g/mol. The van der Waals surface area contributed by atoms with Crippen molar-refractivity contribution in [1.29, 1.82) is 0 Å². The van der Waals surface area contributed by atoms with Crippen LogP contribution < -0.4 is 4.74 Å². The zero-order valence-corrected chi connectivity index (χ0v) is 11.4. The van der Waals surface area contributed by atoms with Crippen molar-refractivity contribution in [1.82, 2.24) is 24.6 Å². The van der Waals surface area contributed by atoms with Crippen LogP contribution in [0.2, 0.25) is 5.15 Å². The minimum Gasteiger partial charge on any atom is -0.436 e. The molecule has 6 nitrogen and oxygen atoms in total. The number of pyridine rings is 1. The van der Waals surface area contributed by atoms with Gasteiger partial charge in [0.1, 0.15) is 17.0 Å². The first kappa shape index (κ1) is 12.0. The molecule has 21 heavy (non-hydrogen) atoms. The van der Waals surface area contributed by atoms with Crippen molar-refractivity contribution in [3.63, 3.8) is 0 Å². The van der Waals surface area contributed by atoms with Gasteiger partial charge >= 0.3 is 0 Å². The van der Waals surface area contributed by atoms with Crippen LogP contribution in [0.5, 0.6) is 11.6 Å². The largest absolute Gasteiger partial charge is 0.436 e. The molecule has 0 aliphatic heterocycles. The van der Waals surface area contributed by atoms with E-state index in [1.807, 2.05) is 30.3 Å². The summed E-state index contributed by atoms with van der Waals surface area (Å²) in [5.41, 5.74) is 0.765. The quantitative estimate of drug-likeness (QED) is 0.532. The van der Waals surface area contributed by atoms with E-state index in [-0.39, 0.29) is 0 Å². The van der Waals surface area contributed by atoms with Gasteiger partial charge in [-0.3, -0.25) is 4.98 Å². The number of hydrogen-bond donors (Lipinski definition) is 0. The summed E-state index contributed by atoms with van der Waals surface area (Å²) in [6.45, 7) is 0. The van der Waals surface area contributed by atoms with Crippen molar-refractivity contribution in [3.05, 3.63) is 54.1 Å². The molecule has 0 N–H and O–H groups in total. The fourth-order valence-electron chi connectivity index (χ4n) is 2.10. The van der Waals surface area contributed by atoms with Gasteiger partial charge in [0.15, 0.2) is 5.75 Å². The van der Waals surface area contributed by atoms with Gasteiger partial charge in [-0.15, -0.1) is 0 Å². The van der Waals surface area contributed by atoms with E-state index < -0.39 is 0 Å². The normalized spacial score (nSPS) is 11.1. The second-order valence-corrected chi connectivity index (χ2v) is 4.71. The van der Waals surface area contributed by atoms with E-state index in [0.717, 1.165) is 10.9 Å². The van der Waals surface area contributed by atoms with Crippen LogP contribution in [0, 0.1) is 0 Å². The molecule has 4 rings (SSSR count). The van der Waals surface area contributed by atoms with Gasteiger partial charge < -0.3 is 4.74 Å². The zero-order valence-electron chi connectivity index (χ0n) is 10.6. The van der Waals surface area contributed by atoms with E-state index in [9.17, 15) is 0 Å². The van der Waals surface area contributed by atoms with Crippen LogP contribution in [-0.4, -0.2) is 24.6 Å². The molecule has 0 unspecified atom stereocenters. The van der Waals surface area contributed by atoms with Crippen LogP contribution in [0.4, 0.5) is 0 Å². The SMILES string of the molecule is Clc1cc(Oc2cccc3cccnc23)n2ncnc2n1. The molecule has 1 aromatic carbocycles. The van der Waals surface area contributed by atoms with Crippen molar-refractivity contribution < 1.29 is 4.74 Å². The lowest BCUT2D eigenvalue weighted by molar-refractivity contribution is 0.450. The van der Waals surface area contributed by atoms with Gasteiger partial charge in [0, 0.05) is 17.6 Å². The first-order valence-electron chi connectivity index (χ1n) is 6.19. The van der Waals surface area contributed by atoms with Gasteiger partial charge in [0.25, 0.3) is 5.78 Å². The number of para-hydroxylation sites is 1. The van der Waals surface area contributed by atoms with Gasteiger partial charge in [0.05, 0.1) is 0 Å². The fraction of sp³-hybridized carbons (Fsp3) is 0. The molecule has 3 aromatic heterocycles. The lowest BCUT2D eigenvalue weighted by atomic mass is 10.2. The Bertz CT molecular complexity index is 947. The van der Waals surface area contributed by atoms with Crippen LogP contribution >= 0.6 is 11.6 Å². The highest BCUT2D eigenvalue weighted by Gasteiger charge is 2.10. The van der Waals surface area contributed by atoms with Gasteiger partial charge in [0.2, 0.25) is 5.88 Å². The number of fused-ring (bicyclic) bond motifs is 2. The van der Waals surface area contributed by atoms with Gasteiger partial charge in [-0.2, -0.15) is 19.6 Å². The summed E-state index contributed by atoms with van der Waals surface area (Å²) >= 11 is 5.98. The molecule has 7 heteroatoms. The summed E-state index contributed by atoms with van der Waals surface area (Å²) in [5.74, 6) is 1.43. The Balaban J connectivity index is 1.89. The Morgan fingerprint density at radius 2 is 2.00 bits per heavy atom. The summed E-state index contributed by atoms with van der Waals surface area (Å²) < 4.78 is 7.40.